The molecule has 18 heavy (non-hydrogen) atoms. The van der Waals surface area contributed by atoms with Crippen LogP contribution >= 0.6 is 23.2 Å². The molecule has 1 amide bonds. The minimum atomic E-state index is -0.347. The molecule has 0 saturated carbocycles. The average molecular weight is 287 g/mol. The van der Waals surface area contributed by atoms with E-state index in [1.165, 1.54) is 0 Å². The number of halogens is 2. The van der Waals surface area contributed by atoms with Gasteiger partial charge < -0.3 is 11.1 Å². The van der Waals surface area contributed by atoms with Gasteiger partial charge in [-0.05, 0) is 37.1 Å². The molecule has 1 fully saturated rings. The van der Waals surface area contributed by atoms with E-state index >= 15 is 0 Å². The zero-order chi connectivity index (χ0) is 13.1. The van der Waals surface area contributed by atoms with E-state index in [1.807, 2.05) is 6.07 Å². The summed E-state index contributed by atoms with van der Waals surface area (Å²) in [6.07, 6.45) is 3.21. The number of carbonyl (C=O) groups excluding carboxylic acids is 1. The molecule has 1 aromatic carbocycles. The number of hydrogen-bond acceptors (Lipinski definition) is 2. The summed E-state index contributed by atoms with van der Waals surface area (Å²) in [4.78, 5) is 11.7. The smallest absolute Gasteiger partial charge is 0.226 e. The fraction of sp³-hybridized carbons (Fsp3) is 0.462. The number of piperidine rings is 1. The van der Waals surface area contributed by atoms with Gasteiger partial charge in [0.15, 0.2) is 0 Å². The van der Waals surface area contributed by atoms with E-state index in [0.717, 1.165) is 31.4 Å². The number of primary amides is 1. The Bertz CT molecular complexity index is 445. The average Bonchev–Trinajstić information content (AvgIpc) is 2.35. The van der Waals surface area contributed by atoms with Crippen molar-refractivity contribution in [2.45, 2.75) is 31.2 Å². The van der Waals surface area contributed by atoms with Gasteiger partial charge in [-0.1, -0.05) is 35.7 Å². The predicted molar refractivity (Wildman–Crippen MR) is 74.0 cm³/mol. The van der Waals surface area contributed by atoms with Crippen molar-refractivity contribution in [2.75, 3.05) is 6.54 Å². The highest BCUT2D eigenvalue weighted by Gasteiger charge is 2.29. The van der Waals surface area contributed by atoms with E-state index in [0.29, 0.717) is 10.0 Å². The molecule has 0 spiro atoms. The highest BCUT2D eigenvalue weighted by molar-refractivity contribution is 6.42. The minimum absolute atomic E-state index is 0.0912. The SMILES string of the molecule is NC(=O)[C@@H](c1ccc(Cl)c(Cl)c1)[C@@H]1CCCCN1. The summed E-state index contributed by atoms with van der Waals surface area (Å²) >= 11 is 11.9. The van der Waals surface area contributed by atoms with Gasteiger partial charge in [0.25, 0.3) is 0 Å². The molecule has 1 aromatic rings. The standard InChI is InChI=1S/C13H16Cl2N2O/c14-9-5-4-8(7-10(9)15)12(13(16)18)11-3-1-2-6-17-11/h4-5,7,11-12,17H,1-3,6H2,(H2,16,18)/t11-,12-/m0/s1. The minimum Gasteiger partial charge on any atom is -0.369 e. The molecule has 3 nitrogen and oxygen atoms in total. The molecule has 0 radical (unpaired) electrons. The molecule has 0 aromatic heterocycles. The third kappa shape index (κ3) is 2.97. The van der Waals surface area contributed by atoms with Crippen molar-refractivity contribution in [2.24, 2.45) is 5.73 Å². The third-order valence-corrected chi connectivity index (χ3v) is 4.10. The molecular formula is C13H16Cl2N2O. The summed E-state index contributed by atoms with van der Waals surface area (Å²) < 4.78 is 0. The number of nitrogens with two attached hydrogens (primary N) is 1. The summed E-state index contributed by atoms with van der Waals surface area (Å²) in [5.74, 6) is -0.673. The molecule has 98 valence electrons. The number of amides is 1. The van der Waals surface area contributed by atoms with Crippen LogP contribution in [0.3, 0.4) is 0 Å². The lowest BCUT2D eigenvalue weighted by atomic mass is 9.86. The summed E-state index contributed by atoms with van der Waals surface area (Å²) in [7, 11) is 0. The van der Waals surface area contributed by atoms with Crippen molar-refractivity contribution in [3.63, 3.8) is 0 Å². The van der Waals surface area contributed by atoms with Crippen LogP contribution in [0, 0.1) is 0 Å². The highest BCUT2D eigenvalue weighted by Crippen LogP contribution is 2.30. The first kappa shape index (κ1) is 13.7. The molecule has 1 saturated heterocycles. The molecular weight excluding hydrogens is 271 g/mol. The second kappa shape index (κ2) is 5.91. The van der Waals surface area contributed by atoms with E-state index < -0.39 is 0 Å². The largest absolute Gasteiger partial charge is 0.369 e. The highest BCUT2D eigenvalue weighted by atomic mass is 35.5. The van der Waals surface area contributed by atoms with Crippen LogP contribution in [0.15, 0.2) is 18.2 Å². The van der Waals surface area contributed by atoms with E-state index in [9.17, 15) is 4.79 Å². The molecule has 2 rings (SSSR count). The molecule has 0 unspecified atom stereocenters. The normalized spacial score (nSPS) is 21.6. The molecule has 1 heterocycles. The topological polar surface area (TPSA) is 55.1 Å². The number of benzene rings is 1. The zero-order valence-corrected chi connectivity index (χ0v) is 11.5. The second-order valence-corrected chi connectivity index (χ2v) is 5.42. The van der Waals surface area contributed by atoms with Crippen molar-refractivity contribution in [1.82, 2.24) is 5.32 Å². The molecule has 1 aliphatic heterocycles. The Labute approximate surface area is 117 Å². The van der Waals surface area contributed by atoms with E-state index in [2.05, 4.69) is 5.32 Å². The van der Waals surface area contributed by atoms with E-state index in [4.69, 9.17) is 28.9 Å². The van der Waals surface area contributed by atoms with E-state index in [1.54, 1.807) is 12.1 Å². The van der Waals surface area contributed by atoms with Crippen molar-refractivity contribution in [3.8, 4) is 0 Å². The van der Waals surface area contributed by atoms with Gasteiger partial charge in [0.1, 0.15) is 0 Å². The van der Waals surface area contributed by atoms with E-state index in [-0.39, 0.29) is 17.9 Å². The van der Waals surface area contributed by atoms with Crippen molar-refractivity contribution in [3.05, 3.63) is 33.8 Å². The molecule has 5 heteroatoms. The first-order valence-corrected chi connectivity index (χ1v) is 6.83. The summed E-state index contributed by atoms with van der Waals surface area (Å²) in [5, 5.41) is 4.30. The second-order valence-electron chi connectivity index (χ2n) is 4.61. The lowest BCUT2D eigenvalue weighted by Gasteiger charge is -2.29. The monoisotopic (exact) mass is 286 g/mol. The quantitative estimate of drug-likeness (QED) is 0.898. The maximum Gasteiger partial charge on any atom is 0.226 e. The van der Waals surface area contributed by atoms with Crippen LogP contribution in [0.1, 0.15) is 30.7 Å². The van der Waals surface area contributed by atoms with Gasteiger partial charge in [-0.2, -0.15) is 0 Å². The number of rotatable bonds is 3. The third-order valence-electron chi connectivity index (χ3n) is 3.36. The first-order valence-electron chi connectivity index (χ1n) is 6.07. The van der Waals surface area contributed by atoms with Gasteiger partial charge in [0.05, 0.1) is 16.0 Å². The van der Waals surface area contributed by atoms with Crippen LogP contribution in [0.2, 0.25) is 10.0 Å². The van der Waals surface area contributed by atoms with Crippen molar-refractivity contribution >= 4 is 29.1 Å². The zero-order valence-electron chi connectivity index (χ0n) is 9.96. The first-order chi connectivity index (χ1) is 8.59. The Kier molecular flexibility index (Phi) is 4.49. The molecule has 0 bridgehead atoms. The molecule has 2 atom stereocenters. The van der Waals surface area contributed by atoms with Crippen LogP contribution in [-0.4, -0.2) is 18.5 Å². The van der Waals surface area contributed by atoms with Gasteiger partial charge in [-0.3, -0.25) is 4.79 Å². The Hall–Kier alpha value is -0.770. The van der Waals surface area contributed by atoms with Crippen molar-refractivity contribution in [1.29, 1.82) is 0 Å². The van der Waals surface area contributed by atoms with Gasteiger partial charge in [0.2, 0.25) is 5.91 Å². The lowest BCUT2D eigenvalue weighted by Crippen LogP contribution is -2.43. The fourth-order valence-corrected chi connectivity index (χ4v) is 2.77. The maximum atomic E-state index is 11.7. The Morgan fingerprint density at radius 3 is 2.67 bits per heavy atom. The Balaban J connectivity index is 2.28. The van der Waals surface area contributed by atoms with Crippen LogP contribution in [0.5, 0.6) is 0 Å². The van der Waals surface area contributed by atoms with Gasteiger partial charge in [-0.25, -0.2) is 0 Å². The van der Waals surface area contributed by atoms with Crippen LogP contribution in [0.25, 0.3) is 0 Å². The lowest BCUT2D eigenvalue weighted by molar-refractivity contribution is -0.120. The Morgan fingerprint density at radius 1 is 1.33 bits per heavy atom. The number of hydrogen-bond donors (Lipinski definition) is 2. The number of nitrogens with one attached hydrogen (secondary N) is 1. The Morgan fingerprint density at radius 2 is 2.11 bits per heavy atom. The van der Waals surface area contributed by atoms with Gasteiger partial charge >= 0.3 is 0 Å². The predicted octanol–water partition coefficient (Wildman–Crippen LogP) is 2.70. The summed E-state index contributed by atoms with van der Waals surface area (Å²) in [6, 6.07) is 5.35. The van der Waals surface area contributed by atoms with Crippen LogP contribution in [-0.2, 0) is 4.79 Å². The summed E-state index contributed by atoms with van der Waals surface area (Å²) in [6.45, 7) is 0.926. The van der Waals surface area contributed by atoms with Crippen LogP contribution < -0.4 is 11.1 Å². The van der Waals surface area contributed by atoms with Crippen molar-refractivity contribution < 1.29 is 4.79 Å². The fourth-order valence-electron chi connectivity index (χ4n) is 2.46. The summed E-state index contributed by atoms with van der Waals surface area (Å²) in [5.41, 5.74) is 6.36. The van der Waals surface area contributed by atoms with Gasteiger partial charge in [-0.15, -0.1) is 0 Å². The van der Waals surface area contributed by atoms with Gasteiger partial charge in [0, 0.05) is 6.04 Å². The maximum absolute atomic E-state index is 11.7. The van der Waals surface area contributed by atoms with Crippen LogP contribution in [0.4, 0.5) is 0 Å². The molecule has 0 aliphatic carbocycles. The molecule has 3 N–H and O–H groups in total. The number of carbonyl (C=O) groups is 1. The molecule has 1 aliphatic rings.